The molecule has 0 saturated heterocycles. The van der Waals surface area contributed by atoms with E-state index in [0.717, 1.165) is 11.1 Å². The Balaban J connectivity index is 0.000000261. The molecule has 0 aliphatic rings. The molecule has 0 atom stereocenters. The van der Waals surface area contributed by atoms with E-state index in [4.69, 9.17) is 47.6 Å². The fraction of sp³-hybridized carbons (Fsp3) is 0.323. The number of nitrogens with one attached hydrogen (secondary N) is 2. The zero-order valence-electron chi connectivity index (χ0n) is 27.5. The van der Waals surface area contributed by atoms with Crippen molar-refractivity contribution in [1.82, 2.24) is 25.3 Å². The number of methoxy groups -OCH3 is 2. The molecule has 0 fully saturated rings. The first-order valence-electron chi connectivity index (χ1n) is 14.6. The highest BCUT2D eigenvalue weighted by atomic mass is 16.5. The second-order valence-electron chi connectivity index (χ2n) is 10.7. The van der Waals surface area contributed by atoms with Crippen LogP contribution >= 0.6 is 0 Å². The molecule has 12 N–H and O–H groups in total. The van der Waals surface area contributed by atoms with Crippen molar-refractivity contribution in [2.24, 2.45) is 0 Å². The summed E-state index contributed by atoms with van der Waals surface area (Å²) in [7, 11) is 3.11. The van der Waals surface area contributed by atoms with E-state index in [1.807, 2.05) is 46.8 Å². The van der Waals surface area contributed by atoms with E-state index in [-0.39, 0.29) is 47.1 Å². The Hall–Kier alpha value is -5.93. The number of hydrogen-bond donors (Lipinski definition) is 7. The van der Waals surface area contributed by atoms with Crippen LogP contribution in [0.4, 0.5) is 39.7 Å². The highest BCUT2D eigenvalue weighted by Crippen LogP contribution is 2.40. The molecule has 16 heteroatoms. The van der Waals surface area contributed by atoms with Gasteiger partial charge in [0, 0.05) is 29.8 Å². The Kier molecular flexibility index (Phi) is 12.0. The van der Waals surface area contributed by atoms with Gasteiger partial charge in [-0.15, -0.1) is 0 Å². The zero-order chi connectivity index (χ0) is 34.8. The third kappa shape index (κ3) is 9.29. The largest absolute Gasteiger partial charge is 0.495 e. The van der Waals surface area contributed by atoms with Crippen LogP contribution in [-0.2, 0) is 0 Å². The Morgan fingerprint density at radius 1 is 0.702 bits per heavy atom. The lowest BCUT2D eigenvalue weighted by Gasteiger charge is -2.19. The monoisotopic (exact) mass is 649 g/mol. The molecule has 252 valence electrons. The number of amides is 2. The number of anilines is 6. The lowest BCUT2D eigenvalue weighted by molar-refractivity contribution is 0.252. The van der Waals surface area contributed by atoms with Crippen molar-refractivity contribution in [3.05, 3.63) is 47.8 Å². The maximum Gasteiger partial charge on any atom is 0.319 e. The van der Waals surface area contributed by atoms with Crippen LogP contribution in [0.2, 0.25) is 0 Å². The Bertz CT molecular complexity index is 1700. The molecule has 0 bridgehead atoms. The Morgan fingerprint density at radius 2 is 1.17 bits per heavy atom. The van der Waals surface area contributed by atoms with Gasteiger partial charge in [0.2, 0.25) is 11.9 Å². The van der Waals surface area contributed by atoms with Crippen LogP contribution in [0.5, 0.6) is 34.5 Å². The highest BCUT2D eigenvalue weighted by Gasteiger charge is 2.18. The number of carbonyl (C=O) groups is 1. The number of rotatable bonds is 10. The minimum Gasteiger partial charge on any atom is -0.495 e. The molecule has 0 aliphatic heterocycles. The average molecular weight is 650 g/mol. The van der Waals surface area contributed by atoms with Crippen molar-refractivity contribution in [3.8, 4) is 34.5 Å². The van der Waals surface area contributed by atoms with E-state index in [9.17, 15) is 4.79 Å². The molecule has 2 amide bonds. The number of nitrogen functional groups attached to an aromatic ring is 5. The van der Waals surface area contributed by atoms with Gasteiger partial charge in [0.15, 0.2) is 23.1 Å². The summed E-state index contributed by atoms with van der Waals surface area (Å²) < 4.78 is 22.3. The number of urea groups is 1. The van der Waals surface area contributed by atoms with Crippen LogP contribution in [0.3, 0.4) is 0 Å². The highest BCUT2D eigenvalue weighted by molar-refractivity contribution is 5.91. The van der Waals surface area contributed by atoms with Gasteiger partial charge in [0.05, 0.1) is 38.0 Å². The van der Waals surface area contributed by atoms with Crippen LogP contribution in [0.1, 0.15) is 57.6 Å². The number of ether oxygens (including phenoxy) is 4. The standard InChI is InChI=1S/C17H24N6O3.C14H19N5O2/c1-5-20-17(24)22-11-7-12(10(9(2)3)6-13(11)25-4)26-14-8-21-16(19)23-15(14)18;1-7(2)8-4-11(20-3)9(15)5-10(8)21-12-6-18-14(17)19-13(12)16/h6-9H,5H2,1-4H3,(H2,20,22,24)(H4,18,19,21,23);4-7H,15H2,1-3H3,(H4,16,17,18,19). The minimum atomic E-state index is -0.343. The average Bonchev–Trinajstić information content (AvgIpc) is 3.00. The number of aromatic nitrogens is 4. The predicted molar refractivity (Wildman–Crippen MR) is 183 cm³/mol. The van der Waals surface area contributed by atoms with Crippen LogP contribution in [0, 0.1) is 0 Å². The molecule has 2 aromatic heterocycles. The van der Waals surface area contributed by atoms with E-state index in [1.54, 1.807) is 19.2 Å². The van der Waals surface area contributed by atoms with E-state index in [2.05, 4.69) is 30.6 Å². The summed E-state index contributed by atoms with van der Waals surface area (Å²) >= 11 is 0. The molecule has 4 rings (SSSR count). The number of nitrogens with zero attached hydrogens (tertiary/aromatic N) is 4. The lowest BCUT2D eigenvalue weighted by Crippen LogP contribution is -2.28. The number of carbonyl (C=O) groups excluding carboxylic acids is 1. The predicted octanol–water partition coefficient (Wildman–Crippen LogP) is 4.85. The second-order valence-corrected chi connectivity index (χ2v) is 10.7. The molecular weight excluding hydrogens is 606 g/mol. The summed E-state index contributed by atoms with van der Waals surface area (Å²) in [4.78, 5) is 27.4. The SMILES string of the molecule is CCNC(=O)Nc1cc(Oc2cnc(N)nc2N)c(C(C)C)cc1OC.COc1cc(C(C)C)c(Oc2cnc(N)nc2N)cc1N. The van der Waals surface area contributed by atoms with E-state index in [1.165, 1.54) is 19.5 Å². The summed E-state index contributed by atoms with van der Waals surface area (Å²) in [6.45, 7) is 10.4. The molecule has 0 unspecified atom stereocenters. The molecule has 2 aromatic carbocycles. The van der Waals surface area contributed by atoms with Crippen molar-refractivity contribution < 1.29 is 23.7 Å². The Morgan fingerprint density at radius 3 is 1.60 bits per heavy atom. The fourth-order valence-electron chi connectivity index (χ4n) is 4.21. The van der Waals surface area contributed by atoms with Crippen molar-refractivity contribution in [3.63, 3.8) is 0 Å². The summed E-state index contributed by atoms with van der Waals surface area (Å²) in [5, 5.41) is 5.41. The minimum absolute atomic E-state index is 0.0623. The molecular formula is C31H43N11O5. The summed E-state index contributed by atoms with van der Waals surface area (Å²) in [5.41, 5.74) is 31.3. The fourth-order valence-corrected chi connectivity index (χ4v) is 4.21. The summed E-state index contributed by atoms with van der Waals surface area (Å²) in [6, 6.07) is 6.70. The van der Waals surface area contributed by atoms with Crippen LogP contribution < -0.4 is 58.2 Å². The molecule has 4 aromatic rings. The third-order valence-corrected chi connectivity index (χ3v) is 6.57. The first-order chi connectivity index (χ1) is 22.3. The summed E-state index contributed by atoms with van der Waals surface area (Å²) in [6.07, 6.45) is 2.84. The normalized spacial score (nSPS) is 10.6. The molecule has 0 saturated carbocycles. The number of benzene rings is 2. The zero-order valence-corrected chi connectivity index (χ0v) is 27.5. The van der Waals surface area contributed by atoms with E-state index in [0.29, 0.717) is 46.7 Å². The van der Waals surface area contributed by atoms with Gasteiger partial charge in [-0.05, 0) is 30.9 Å². The maximum atomic E-state index is 11.9. The van der Waals surface area contributed by atoms with Crippen LogP contribution in [0.25, 0.3) is 0 Å². The van der Waals surface area contributed by atoms with Crippen LogP contribution in [0.15, 0.2) is 36.7 Å². The molecule has 47 heavy (non-hydrogen) atoms. The second kappa shape index (κ2) is 15.9. The van der Waals surface area contributed by atoms with Gasteiger partial charge in [0.25, 0.3) is 0 Å². The quantitative estimate of drug-likeness (QED) is 0.113. The first kappa shape index (κ1) is 35.5. The molecule has 0 spiro atoms. The van der Waals surface area contributed by atoms with Gasteiger partial charge >= 0.3 is 6.03 Å². The van der Waals surface area contributed by atoms with Crippen molar-refractivity contribution in [1.29, 1.82) is 0 Å². The van der Waals surface area contributed by atoms with Gasteiger partial charge in [-0.3, -0.25) is 0 Å². The number of hydrogen-bond acceptors (Lipinski definition) is 14. The van der Waals surface area contributed by atoms with Gasteiger partial charge < -0.3 is 58.2 Å². The molecule has 2 heterocycles. The topological polar surface area (TPSA) is 260 Å². The Labute approximate surface area is 273 Å². The third-order valence-electron chi connectivity index (χ3n) is 6.57. The van der Waals surface area contributed by atoms with Gasteiger partial charge in [-0.2, -0.15) is 9.97 Å². The maximum absolute atomic E-state index is 11.9. The molecule has 0 radical (unpaired) electrons. The van der Waals surface area contributed by atoms with E-state index >= 15 is 0 Å². The molecule has 16 nitrogen and oxygen atoms in total. The molecule has 0 aliphatic carbocycles. The number of nitrogens with two attached hydrogens (primary N) is 5. The van der Waals surface area contributed by atoms with Crippen molar-refractivity contribution in [2.45, 2.75) is 46.5 Å². The van der Waals surface area contributed by atoms with Crippen molar-refractivity contribution >= 4 is 40.9 Å². The van der Waals surface area contributed by atoms with E-state index < -0.39 is 0 Å². The van der Waals surface area contributed by atoms with Crippen molar-refractivity contribution in [2.75, 3.05) is 54.7 Å². The van der Waals surface area contributed by atoms with Gasteiger partial charge in [0.1, 0.15) is 23.0 Å². The van der Waals surface area contributed by atoms with Gasteiger partial charge in [-0.1, -0.05) is 27.7 Å². The van der Waals surface area contributed by atoms with Crippen LogP contribution in [-0.4, -0.2) is 46.7 Å². The smallest absolute Gasteiger partial charge is 0.319 e. The summed E-state index contributed by atoms with van der Waals surface area (Å²) in [5.74, 6) is 3.63. The van der Waals surface area contributed by atoms with Gasteiger partial charge in [-0.25, -0.2) is 14.8 Å². The lowest BCUT2D eigenvalue weighted by atomic mass is 10.0. The first-order valence-corrected chi connectivity index (χ1v) is 14.6.